The van der Waals surface area contributed by atoms with E-state index in [4.69, 9.17) is 18.0 Å². The molecule has 0 spiro atoms. The summed E-state index contributed by atoms with van der Waals surface area (Å²) in [5.41, 5.74) is 6.39. The number of fused-ring (bicyclic) bond motifs is 1. The summed E-state index contributed by atoms with van der Waals surface area (Å²) in [6.07, 6.45) is 0.516. The van der Waals surface area contributed by atoms with Gasteiger partial charge in [-0.3, -0.25) is 14.5 Å². The molecule has 0 bridgehead atoms. The predicted molar refractivity (Wildman–Crippen MR) is 75.5 cm³/mol. The molecule has 1 heterocycles. The third kappa shape index (κ3) is 1.95. The number of rotatable bonds is 3. The maximum Gasteiger partial charge on any atom is 0.262 e. The molecule has 1 unspecified atom stereocenters. The minimum absolute atomic E-state index is 0.158. The molecule has 2 N–H and O–H groups in total. The molecular weight excluding hydrogens is 316 g/mol. The van der Waals surface area contributed by atoms with Gasteiger partial charge in [-0.05, 0) is 24.6 Å². The summed E-state index contributed by atoms with van der Waals surface area (Å²) >= 11 is 8.20. The average molecular weight is 327 g/mol. The van der Waals surface area contributed by atoms with Crippen molar-refractivity contribution in [2.24, 2.45) is 5.73 Å². The van der Waals surface area contributed by atoms with Crippen LogP contribution in [0.5, 0.6) is 0 Å². The fourth-order valence-electron chi connectivity index (χ4n) is 2.03. The fourth-order valence-corrected chi connectivity index (χ4v) is 2.66. The lowest BCUT2D eigenvalue weighted by atomic mass is 10.1. The van der Waals surface area contributed by atoms with Gasteiger partial charge >= 0.3 is 0 Å². The van der Waals surface area contributed by atoms with Crippen LogP contribution in [0.25, 0.3) is 0 Å². The third-order valence-corrected chi connectivity index (χ3v) is 3.67. The first-order valence-corrected chi connectivity index (χ1v) is 6.64. The molecule has 0 saturated heterocycles. The summed E-state index contributed by atoms with van der Waals surface area (Å²) in [6.45, 7) is 1.84. The van der Waals surface area contributed by atoms with Crippen molar-refractivity contribution in [2.75, 3.05) is 0 Å². The van der Waals surface area contributed by atoms with Crippen molar-refractivity contribution in [2.45, 2.75) is 19.4 Å². The first kappa shape index (κ1) is 13.2. The van der Waals surface area contributed by atoms with Crippen LogP contribution in [0, 0.1) is 0 Å². The van der Waals surface area contributed by atoms with Gasteiger partial charge in [0, 0.05) is 4.47 Å². The Kier molecular flexibility index (Phi) is 3.49. The van der Waals surface area contributed by atoms with Gasteiger partial charge in [0.1, 0.15) is 0 Å². The fraction of sp³-hybridized carbons (Fsp3) is 0.250. The van der Waals surface area contributed by atoms with Crippen LogP contribution in [-0.2, 0) is 0 Å². The number of hydrogen-bond donors (Lipinski definition) is 1. The molecule has 0 aliphatic carbocycles. The topological polar surface area (TPSA) is 63.4 Å². The van der Waals surface area contributed by atoms with E-state index in [-0.39, 0.29) is 16.8 Å². The quantitative estimate of drug-likeness (QED) is 0.682. The molecule has 2 amide bonds. The molecule has 1 aromatic rings. The van der Waals surface area contributed by atoms with E-state index in [0.717, 1.165) is 9.37 Å². The maximum atomic E-state index is 12.2. The minimum atomic E-state index is -0.522. The van der Waals surface area contributed by atoms with Gasteiger partial charge in [0.2, 0.25) is 0 Å². The van der Waals surface area contributed by atoms with Crippen LogP contribution in [0.15, 0.2) is 22.7 Å². The molecule has 0 aromatic heterocycles. The first-order valence-electron chi connectivity index (χ1n) is 5.44. The molecule has 0 saturated carbocycles. The lowest BCUT2D eigenvalue weighted by Gasteiger charge is -2.23. The summed E-state index contributed by atoms with van der Waals surface area (Å²) in [5.74, 6) is -0.668. The average Bonchev–Trinajstić information content (AvgIpc) is 2.55. The van der Waals surface area contributed by atoms with Crippen LogP contribution in [0.2, 0.25) is 0 Å². The second-order valence-corrected chi connectivity index (χ2v) is 5.38. The number of carbonyl (C=O) groups is 2. The van der Waals surface area contributed by atoms with Gasteiger partial charge in [-0.25, -0.2) is 0 Å². The van der Waals surface area contributed by atoms with E-state index >= 15 is 0 Å². The van der Waals surface area contributed by atoms with Gasteiger partial charge in [0.25, 0.3) is 11.8 Å². The standard InChI is InChI=1S/C12H11BrN2O2S/c1-2-9(10(14)18)15-11(16)7-4-3-6(13)5-8(7)12(15)17/h3-5,9H,2H2,1H3,(H2,14,18). The van der Waals surface area contributed by atoms with Gasteiger partial charge in [-0.2, -0.15) is 0 Å². The second-order valence-electron chi connectivity index (χ2n) is 4.00. The van der Waals surface area contributed by atoms with Gasteiger partial charge < -0.3 is 5.73 Å². The van der Waals surface area contributed by atoms with E-state index in [2.05, 4.69) is 15.9 Å². The highest BCUT2D eigenvalue weighted by Gasteiger charge is 2.40. The summed E-state index contributed by atoms with van der Waals surface area (Å²) in [4.78, 5) is 25.7. The molecule has 1 aromatic carbocycles. The Labute approximate surface area is 118 Å². The van der Waals surface area contributed by atoms with Crippen molar-refractivity contribution in [3.8, 4) is 0 Å². The molecule has 2 rings (SSSR count). The normalized spacial score (nSPS) is 15.8. The highest BCUT2D eigenvalue weighted by molar-refractivity contribution is 9.10. The number of benzene rings is 1. The molecule has 94 valence electrons. The van der Waals surface area contributed by atoms with Gasteiger partial charge in [-0.1, -0.05) is 35.1 Å². The monoisotopic (exact) mass is 326 g/mol. The Hall–Kier alpha value is -1.27. The van der Waals surface area contributed by atoms with E-state index in [1.165, 1.54) is 0 Å². The molecule has 1 atom stereocenters. The van der Waals surface area contributed by atoms with E-state index in [1.807, 2.05) is 6.92 Å². The number of nitrogens with zero attached hydrogens (tertiary/aromatic N) is 1. The van der Waals surface area contributed by atoms with Crippen LogP contribution < -0.4 is 5.73 Å². The second kappa shape index (κ2) is 4.78. The zero-order chi connectivity index (χ0) is 13.4. The first-order chi connectivity index (χ1) is 8.47. The molecule has 18 heavy (non-hydrogen) atoms. The molecule has 0 radical (unpaired) electrons. The van der Waals surface area contributed by atoms with E-state index < -0.39 is 6.04 Å². The summed E-state index contributed by atoms with van der Waals surface area (Å²) in [5, 5.41) is 0. The van der Waals surface area contributed by atoms with E-state index in [1.54, 1.807) is 18.2 Å². The van der Waals surface area contributed by atoms with Crippen LogP contribution in [0.1, 0.15) is 34.1 Å². The maximum absolute atomic E-state index is 12.2. The number of hydrogen-bond acceptors (Lipinski definition) is 3. The molecular formula is C12H11BrN2O2S. The third-order valence-electron chi connectivity index (χ3n) is 2.91. The number of nitrogens with two attached hydrogens (primary N) is 1. The SMILES string of the molecule is CCC(C(N)=S)N1C(=O)c2ccc(Br)cc2C1=O. The molecule has 4 nitrogen and oxygen atoms in total. The van der Waals surface area contributed by atoms with Crippen molar-refractivity contribution in [1.82, 2.24) is 4.90 Å². The number of amides is 2. The van der Waals surface area contributed by atoms with Crippen molar-refractivity contribution in [3.63, 3.8) is 0 Å². The Morgan fingerprint density at radius 3 is 2.56 bits per heavy atom. The molecule has 1 aliphatic heterocycles. The molecule has 6 heteroatoms. The van der Waals surface area contributed by atoms with Crippen LogP contribution in [-0.4, -0.2) is 27.7 Å². The number of thiocarbonyl (C=S) groups is 1. The highest BCUT2D eigenvalue weighted by atomic mass is 79.9. The Bertz CT molecular complexity index is 559. The zero-order valence-electron chi connectivity index (χ0n) is 9.64. The Morgan fingerprint density at radius 2 is 2.00 bits per heavy atom. The van der Waals surface area contributed by atoms with Crippen molar-refractivity contribution in [3.05, 3.63) is 33.8 Å². The van der Waals surface area contributed by atoms with Gasteiger partial charge in [0.15, 0.2) is 0 Å². The molecule has 0 fully saturated rings. The Balaban J connectivity index is 2.48. The van der Waals surface area contributed by atoms with Crippen molar-refractivity contribution < 1.29 is 9.59 Å². The van der Waals surface area contributed by atoms with Gasteiger partial charge in [0.05, 0.1) is 22.2 Å². The minimum Gasteiger partial charge on any atom is -0.392 e. The van der Waals surface area contributed by atoms with Crippen molar-refractivity contribution in [1.29, 1.82) is 0 Å². The lowest BCUT2D eigenvalue weighted by Crippen LogP contribution is -2.46. The van der Waals surface area contributed by atoms with Crippen LogP contribution in [0.4, 0.5) is 0 Å². The number of halogens is 1. The smallest absolute Gasteiger partial charge is 0.262 e. The largest absolute Gasteiger partial charge is 0.392 e. The van der Waals surface area contributed by atoms with Crippen LogP contribution in [0.3, 0.4) is 0 Å². The van der Waals surface area contributed by atoms with Crippen LogP contribution >= 0.6 is 28.1 Å². The molecule has 1 aliphatic rings. The number of carbonyl (C=O) groups excluding carboxylic acids is 2. The highest BCUT2D eigenvalue weighted by Crippen LogP contribution is 2.28. The van der Waals surface area contributed by atoms with Crippen molar-refractivity contribution >= 4 is 45.0 Å². The summed E-state index contributed by atoms with van der Waals surface area (Å²) in [7, 11) is 0. The van der Waals surface area contributed by atoms with Gasteiger partial charge in [-0.15, -0.1) is 0 Å². The summed E-state index contributed by atoms with van der Waals surface area (Å²) < 4.78 is 0.757. The predicted octanol–water partition coefficient (Wildman–Crippen LogP) is 2.11. The summed E-state index contributed by atoms with van der Waals surface area (Å²) in [6, 6.07) is 4.48. The Morgan fingerprint density at radius 1 is 1.39 bits per heavy atom. The van der Waals surface area contributed by atoms with E-state index in [9.17, 15) is 9.59 Å². The van der Waals surface area contributed by atoms with E-state index in [0.29, 0.717) is 17.5 Å². The number of imide groups is 1. The lowest BCUT2D eigenvalue weighted by molar-refractivity contribution is 0.0624. The zero-order valence-corrected chi connectivity index (χ0v) is 12.0.